The lowest BCUT2D eigenvalue weighted by Gasteiger charge is -2.26. The summed E-state index contributed by atoms with van der Waals surface area (Å²) in [4.78, 5) is 0. The van der Waals surface area contributed by atoms with Gasteiger partial charge in [-0.1, -0.05) is 38.1 Å². The van der Waals surface area contributed by atoms with Gasteiger partial charge in [-0.15, -0.1) is 6.58 Å². The molecule has 0 aromatic heterocycles. The van der Waals surface area contributed by atoms with Gasteiger partial charge in [-0.05, 0) is 31.0 Å². The number of benzene rings is 1. The van der Waals surface area contributed by atoms with Crippen LogP contribution in [0.1, 0.15) is 31.4 Å². The van der Waals surface area contributed by atoms with E-state index in [2.05, 4.69) is 18.8 Å². The highest BCUT2D eigenvalue weighted by molar-refractivity contribution is 5.27. The van der Waals surface area contributed by atoms with E-state index in [1.807, 2.05) is 13.0 Å². The Morgan fingerprint density at radius 1 is 1.30 bits per heavy atom. The fourth-order valence-corrected chi connectivity index (χ4v) is 2.08. The zero-order chi connectivity index (χ0) is 15.2. The molecule has 1 nitrogen and oxygen atoms in total. The average molecular weight is 285 g/mol. The highest BCUT2D eigenvalue weighted by Crippen LogP contribution is 2.31. The van der Waals surface area contributed by atoms with Crippen molar-refractivity contribution in [2.24, 2.45) is 5.41 Å². The van der Waals surface area contributed by atoms with Crippen LogP contribution in [-0.4, -0.2) is 13.1 Å². The monoisotopic (exact) mass is 285 g/mol. The van der Waals surface area contributed by atoms with Crippen LogP contribution >= 0.6 is 0 Å². The molecular formula is C16H22F3N. The standard InChI is InChI=1S/C16H22F3N/c1-4-9-20-12-15(3,5-2)11-13-7-6-8-14(10-13)16(17,18)19/h5-8,10,20H,2,4,9,11-12H2,1,3H3. The van der Waals surface area contributed by atoms with Gasteiger partial charge in [-0.25, -0.2) is 0 Å². The molecular weight excluding hydrogens is 263 g/mol. The molecule has 0 fully saturated rings. The maximum absolute atomic E-state index is 12.7. The molecule has 0 spiro atoms. The van der Waals surface area contributed by atoms with Crippen LogP contribution in [-0.2, 0) is 12.6 Å². The first-order chi connectivity index (χ1) is 9.30. The van der Waals surface area contributed by atoms with Crippen molar-refractivity contribution >= 4 is 0 Å². The number of nitrogens with one attached hydrogen (secondary N) is 1. The summed E-state index contributed by atoms with van der Waals surface area (Å²) in [7, 11) is 0. The zero-order valence-corrected chi connectivity index (χ0v) is 12.1. The number of halogens is 3. The van der Waals surface area contributed by atoms with E-state index in [-0.39, 0.29) is 5.41 Å². The zero-order valence-electron chi connectivity index (χ0n) is 12.1. The molecule has 1 N–H and O–H groups in total. The van der Waals surface area contributed by atoms with Crippen molar-refractivity contribution in [1.29, 1.82) is 0 Å². The van der Waals surface area contributed by atoms with Crippen molar-refractivity contribution in [2.75, 3.05) is 13.1 Å². The maximum Gasteiger partial charge on any atom is 0.416 e. The van der Waals surface area contributed by atoms with Crippen molar-refractivity contribution in [3.05, 3.63) is 48.0 Å². The normalized spacial score (nSPS) is 14.8. The Balaban J connectivity index is 2.82. The van der Waals surface area contributed by atoms with E-state index in [9.17, 15) is 13.2 Å². The summed E-state index contributed by atoms with van der Waals surface area (Å²) in [5.41, 5.74) is -0.164. The molecule has 0 saturated carbocycles. The fraction of sp³-hybridized carbons (Fsp3) is 0.500. The van der Waals surface area contributed by atoms with Gasteiger partial charge in [-0.3, -0.25) is 0 Å². The van der Waals surface area contributed by atoms with Crippen molar-refractivity contribution in [2.45, 2.75) is 32.9 Å². The molecule has 4 heteroatoms. The molecule has 0 aliphatic carbocycles. The number of hydrogen-bond acceptors (Lipinski definition) is 1. The summed E-state index contributed by atoms with van der Waals surface area (Å²) >= 11 is 0. The molecule has 1 aromatic rings. The third kappa shape index (κ3) is 5.00. The molecule has 0 amide bonds. The minimum Gasteiger partial charge on any atom is -0.316 e. The summed E-state index contributed by atoms with van der Waals surface area (Å²) in [6.45, 7) is 9.50. The fourth-order valence-electron chi connectivity index (χ4n) is 2.08. The molecule has 1 aromatic carbocycles. The summed E-state index contributed by atoms with van der Waals surface area (Å²) in [6.07, 6.45) is -0.912. The first-order valence-corrected chi connectivity index (χ1v) is 6.81. The minimum atomic E-state index is -4.29. The second kappa shape index (κ2) is 6.93. The Labute approximate surface area is 118 Å². The quantitative estimate of drug-likeness (QED) is 0.577. The van der Waals surface area contributed by atoms with Gasteiger partial charge in [0.1, 0.15) is 0 Å². The number of hydrogen-bond donors (Lipinski definition) is 1. The van der Waals surface area contributed by atoms with Gasteiger partial charge in [0.25, 0.3) is 0 Å². The van der Waals surface area contributed by atoms with E-state index in [4.69, 9.17) is 0 Å². The van der Waals surface area contributed by atoms with Crippen molar-refractivity contribution < 1.29 is 13.2 Å². The number of alkyl halides is 3. The molecule has 112 valence electrons. The highest BCUT2D eigenvalue weighted by Gasteiger charge is 2.31. The highest BCUT2D eigenvalue weighted by atomic mass is 19.4. The Bertz CT molecular complexity index is 440. The molecule has 0 radical (unpaired) electrons. The lowest BCUT2D eigenvalue weighted by atomic mass is 9.83. The van der Waals surface area contributed by atoms with Gasteiger partial charge < -0.3 is 5.32 Å². The molecule has 0 bridgehead atoms. The van der Waals surface area contributed by atoms with E-state index in [1.54, 1.807) is 6.07 Å². The van der Waals surface area contributed by atoms with Crippen LogP contribution in [0.15, 0.2) is 36.9 Å². The van der Waals surface area contributed by atoms with Gasteiger partial charge in [-0.2, -0.15) is 13.2 Å². The van der Waals surface area contributed by atoms with E-state index < -0.39 is 11.7 Å². The molecule has 1 atom stereocenters. The molecule has 20 heavy (non-hydrogen) atoms. The van der Waals surface area contributed by atoms with E-state index in [0.717, 1.165) is 19.0 Å². The third-order valence-electron chi connectivity index (χ3n) is 3.31. The van der Waals surface area contributed by atoms with Crippen LogP contribution < -0.4 is 5.32 Å². The summed E-state index contributed by atoms with van der Waals surface area (Å²) in [5.74, 6) is 0. The van der Waals surface area contributed by atoms with Gasteiger partial charge >= 0.3 is 6.18 Å². The second-order valence-electron chi connectivity index (χ2n) is 5.41. The largest absolute Gasteiger partial charge is 0.416 e. The number of rotatable bonds is 7. The average Bonchev–Trinajstić information content (AvgIpc) is 2.38. The molecule has 0 aliphatic rings. The van der Waals surface area contributed by atoms with Crippen LogP contribution in [0.2, 0.25) is 0 Å². The molecule has 0 saturated heterocycles. The smallest absolute Gasteiger partial charge is 0.316 e. The second-order valence-corrected chi connectivity index (χ2v) is 5.41. The van der Waals surface area contributed by atoms with Crippen LogP contribution in [0.3, 0.4) is 0 Å². The SMILES string of the molecule is C=CC(C)(CNCCC)Cc1cccc(C(F)(F)F)c1. The van der Waals surface area contributed by atoms with Gasteiger partial charge in [0.15, 0.2) is 0 Å². The first kappa shape index (κ1) is 16.8. The van der Waals surface area contributed by atoms with E-state index in [0.29, 0.717) is 18.5 Å². The van der Waals surface area contributed by atoms with Crippen molar-refractivity contribution in [3.63, 3.8) is 0 Å². The van der Waals surface area contributed by atoms with E-state index in [1.165, 1.54) is 12.1 Å². The van der Waals surface area contributed by atoms with Gasteiger partial charge in [0, 0.05) is 12.0 Å². The molecule has 0 heterocycles. The Kier molecular flexibility index (Phi) is 5.81. The molecule has 0 aliphatic heterocycles. The van der Waals surface area contributed by atoms with Crippen LogP contribution in [0.5, 0.6) is 0 Å². The van der Waals surface area contributed by atoms with Crippen LogP contribution in [0, 0.1) is 5.41 Å². The maximum atomic E-state index is 12.7. The van der Waals surface area contributed by atoms with Crippen LogP contribution in [0.4, 0.5) is 13.2 Å². The summed E-state index contributed by atoms with van der Waals surface area (Å²) < 4.78 is 38.1. The van der Waals surface area contributed by atoms with Crippen LogP contribution in [0.25, 0.3) is 0 Å². The predicted octanol–water partition coefficient (Wildman–Crippen LogP) is 4.44. The Hall–Kier alpha value is -1.29. The van der Waals surface area contributed by atoms with Crippen molar-refractivity contribution in [3.8, 4) is 0 Å². The van der Waals surface area contributed by atoms with Gasteiger partial charge in [0.2, 0.25) is 0 Å². The van der Waals surface area contributed by atoms with E-state index >= 15 is 0 Å². The molecule has 1 unspecified atom stereocenters. The Morgan fingerprint density at radius 2 is 2.00 bits per heavy atom. The summed E-state index contributed by atoms with van der Waals surface area (Å²) in [5, 5.41) is 3.30. The lowest BCUT2D eigenvalue weighted by molar-refractivity contribution is -0.137. The molecule has 1 rings (SSSR count). The lowest BCUT2D eigenvalue weighted by Crippen LogP contribution is -2.32. The minimum absolute atomic E-state index is 0.251. The predicted molar refractivity (Wildman–Crippen MR) is 76.6 cm³/mol. The Morgan fingerprint density at radius 3 is 2.55 bits per heavy atom. The summed E-state index contributed by atoms with van der Waals surface area (Å²) in [6, 6.07) is 5.52. The van der Waals surface area contributed by atoms with Crippen molar-refractivity contribution in [1.82, 2.24) is 5.32 Å². The topological polar surface area (TPSA) is 12.0 Å². The first-order valence-electron chi connectivity index (χ1n) is 6.81. The third-order valence-corrected chi connectivity index (χ3v) is 3.31. The van der Waals surface area contributed by atoms with Gasteiger partial charge in [0.05, 0.1) is 5.56 Å².